The number of nitrogens with zero attached hydrogens (tertiary/aromatic N) is 1. The van der Waals surface area contributed by atoms with Crippen molar-refractivity contribution in [2.24, 2.45) is 5.73 Å². The van der Waals surface area contributed by atoms with Crippen molar-refractivity contribution >= 4 is 11.8 Å². The summed E-state index contributed by atoms with van der Waals surface area (Å²) >= 11 is 0. The van der Waals surface area contributed by atoms with Crippen molar-refractivity contribution in [3.63, 3.8) is 0 Å². The summed E-state index contributed by atoms with van der Waals surface area (Å²) in [5.74, 6) is -0.725. The van der Waals surface area contributed by atoms with Crippen LogP contribution in [0, 0.1) is 5.82 Å². The van der Waals surface area contributed by atoms with Crippen LogP contribution in [-0.2, 0) is 11.3 Å². The van der Waals surface area contributed by atoms with Crippen LogP contribution in [0.25, 0.3) is 0 Å². The largest absolute Gasteiger partial charge is 0.488 e. The van der Waals surface area contributed by atoms with Gasteiger partial charge in [-0.2, -0.15) is 0 Å². The zero-order valence-corrected chi connectivity index (χ0v) is 19.3. The first kappa shape index (κ1) is 24.4. The number of carbonyl (C=O) groups excluding carboxylic acids is 2. The van der Waals surface area contributed by atoms with Gasteiger partial charge in [-0.05, 0) is 47.5 Å². The Morgan fingerprint density at radius 1 is 1.03 bits per heavy atom. The molecular formula is C27H28FN3O4. The summed E-state index contributed by atoms with van der Waals surface area (Å²) in [7, 11) is 0. The molecule has 0 saturated carbocycles. The molecule has 182 valence electrons. The number of nitrogens with one attached hydrogen (secondary N) is 1. The average Bonchev–Trinajstić information content (AvgIpc) is 2.88. The van der Waals surface area contributed by atoms with Crippen molar-refractivity contribution in [3.8, 4) is 5.75 Å². The molecule has 0 aliphatic carbocycles. The maximum Gasteiger partial charge on any atom is 0.252 e. The molecule has 8 heteroatoms. The Bertz CT molecular complexity index is 1180. The minimum absolute atomic E-state index is 0.171. The molecule has 0 radical (unpaired) electrons. The van der Waals surface area contributed by atoms with E-state index in [1.54, 1.807) is 48.5 Å². The second-order valence-corrected chi connectivity index (χ2v) is 8.28. The number of halogens is 1. The molecule has 0 spiro atoms. The van der Waals surface area contributed by atoms with Gasteiger partial charge < -0.3 is 20.5 Å². The van der Waals surface area contributed by atoms with E-state index in [2.05, 4.69) is 10.2 Å². The minimum Gasteiger partial charge on any atom is -0.488 e. The van der Waals surface area contributed by atoms with Crippen molar-refractivity contribution in [2.45, 2.75) is 12.6 Å². The Kier molecular flexibility index (Phi) is 8.07. The molecule has 1 fully saturated rings. The Hall–Kier alpha value is -3.75. The molecule has 3 aromatic rings. The number of amides is 2. The van der Waals surface area contributed by atoms with E-state index in [0.29, 0.717) is 49.7 Å². The van der Waals surface area contributed by atoms with Crippen molar-refractivity contribution in [2.75, 3.05) is 32.8 Å². The molecule has 1 heterocycles. The lowest BCUT2D eigenvalue weighted by Gasteiger charge is -2.35. The van der Waals surface area contributed by atoms with E-state index >= 15 is 0 Å². The van der Waals surface area contributed by atoms with E-state index in [-0.39, 0.29) is 24.4 Å². The van der Waals surface area contributed by atoms with Gasteiger partial charge >= 0.3 is 0 Å². The molecule has 1 atom stereocenters. The maximum absolute atomic E-state index is 13.9. The number of carbonyl (C=O) groups is 2. The third-order valence-electron chi connectivity index (χ3n) is 5.91. The molecule has 3 aromatic carbocycles. The van der Waals surface area contributed by atoms with E-state index in [4.69, 9.17) is 15.2 Å². The van der Waals surface area contributed by atoms with Gasteiger partial charge in [0.15, 0.2) is 0 Å². The van der Waals surface area contributed by atoms with Crippen LogP contribution in [0.3, 0.4) is 0 Å². The standard InChI is InChI=1S/C27H28FN3O4/c28-22-8-4-6-20(16-22)24(31-11-13-34-14-12-31)17-30-27(33)21-7-3-5-19(15-21)18-35-25-10-2-1-9-23(25)26(29)32/h1-10,15-16,24H,11-14,17-18H2,(H2,29,32)(H,30,33). The molecule has 0 bridgehead atoms. The van der Waals surface area contributed by atoms with Gasteiger partial charge in [0.05, 0.1) is 24.8 Å². The Morgan fingerprint density at radius 3 is 2.57 bits per heavy atom. The summed E-state index contributed by atoms with van der Waals surface area (Å²) in [6.07, 6.45) is 0. The number of primary amides is 1. The first-order chi connectivity index (χ1) is 17.0. The second kappa shape index (κ2) is 11.6. The van der Waals surface area contributed by atoms with Gasteiger partial charge in [0, 0.05) is 25.2 Å². The van der Waals surface area contributed by atoms with Gasteiger partial charge in [-0.15, -0.1) is 0 Å². The van der Waals surface area contributed by atoms with Gasteiger partial charge in [0.1, 0.15) is 18.2 Å². The van der Waals surface area contributed by atoms with Crippen molar-refractivity contribution in [1.82, 2.24) is 10.2 Å². The first-order valence-electron chi connectivity index (χ1n) is 11.5. The first-order valence-corrected chi connectivity index (χ1v) is 11.5. The molecule has 2 amide bonds. The highest BCUT2D eigenvalue weighted by Crippen LogP contribution is 2.23. The second-order valence-electron chi connectivity index (χ2n) is 8.28. The molecule has 1 saturated heterocycles. The monoisotopic (exact) mass is 477 g/mol. The molecule has 0 aromatic heterocycles. The smallest absolute Gasteiger partial charge is 0.252 e. The number of ether oxygens (including phenoxy) is 2. The van der Waals surface area contributed by atoms with E-state index in [9.17, 15) is 14.0 Å². The summed E-state index contributed by atoms with van der Waals surface area (Å²) in [6, 6.07) is 20.1. The van der Waals surface area contributed by atoms with Gasteiger partial charge in [-0.1, -0.05) is 36.4 Å². The Morgan fingerprint density at radius 2 is 1.80 bits per heavy atom. The molecule has 3 N–H and O–H groups in total. The van der Waals surface area contributed by atoms with Crippen LogP contribution < -0.4 is 15.8 Å². The van der Waals surface area contributed by atoms with Gasteiger partial charge in [-0.3, -0.25) is 14.5 Å². The number of hydrogen-bond donors (Lipinski definition) is 2. The number of nitrogens with two attached hydrogens (primary N) is 1. The molecular weight excluding hydrogens is 449 g/mol. The van der Waals surface area contributed by atoms with Crippen LogP contribution in [0.2, 0.25) is 0 Å². The number of hydrogen-bond acceptors (Lipinski definition) is 5. The average molecular weight is 478 g/mol. The fourth-order valence-electron chi connectivity index (χ4n) is 4.11. The van der Waals surface area contributed by atoms with Crippen LogP contribution in [-0.4, -0.2) is 49.6 Å². The van der Waals surface area contributed by atoms with Crippen LogP contribution in [0.1, 0.15) is 37.9 Å². The van der Waals surface area contributed by atoms with Crippen LogP contribution >= 0.6 is 0 Å². The number of rotatable bonds is 9. The quantitative estimate of drug-likeness (QED) is 0.493. The number of morpholine rings is 1. The lowest BCUT2D eigenvalue weighted by Crippen LogP contribution is -2.43. The third kappa shape index (κ3) is 6.44. The lowest BCUT2D eigenvalue weighted by molar-refractivity contribution is 0.0162. The van der Waals surface area contributed by atoms with Gasteiger partial charge in [0.2, 0.25) is 0 Å². The Balaban J connectivity index is 1.42. The van der Waals surface area contributed by atoms with Crippen molar-refractivity contribution in [3.05, 3.63) is 101 Å². The number of benzene rings is 3. The minimum atomic E-state index is -0.568. The number of para-hydroxylation sites is 1. The summed E-state index contributed by atoms with van der Waals surface area (Å²) in [5.41, 5.74) is 7.76. The lowest BCUT2D eigenvalue weighted by atomic mass is 10.0. The molecule has 1 unspecified atom stereocenters. The topological polar surface area (TPSA) is 93.9 Å². The molecule has 4 rings (SSSR count). The molecule has 1 aliphatic rings. The molecule has 1 aliphatic heterocycles. The van der Waals surface area contributed by atoms with Crippen molar-refractivity contribution in [1.29, 1.82) is 0 Å². The summed E-state index contributed by atoms with van der Waals surface area (Å²) in [4.78, 5) is 26.8. The van der Waals surface area contributed by atoms with E-state index in [1.165, 1.54) is 12.1 Å². The highest BCUT2D eigenvalue weighted by Gasteiger charge is 2.24. The fraction of sp³-hybridized carbons (Fsp3) is 0.259. The third-order valence-corrected chi connectivity index (χ3v) is 5.91. The highest BCUT2D eigenvalue weighted by atomic mass is 19.1. The van der Waals surface area contributed by atoms with E-state index in [0.717, 1.165) is 11.1 Å². The van der Waals surface area contributed by atoms with Crippen LogP contribution in [0.4, 0.5) is 4.39 Å². The van der Waals surface area contributed by atoms with E-state index in [1.807, 2.05) is 12.1 Å². The predicted molar refractivity (Wildman–Crippen MR) is 130 cm³/mol. The summed E-state index contributed by atoms with van der Waals surface area (Å²) in [5, 5.41) is 2.99. The van der Waals surface area contributed by atoms with Gasteiger partial charge in [-0.25, -0.2) is 4.39 Å². The molecule has 7 nitrogen and oxygen atoms in total. The highest BCUT2D eigenvalue weighted by molar-refractivity contribution is 5.95. The van der Waals surface area contributed by atoms with E-state index < -0.39 is 5.91 Å². The molecule has 35 heavy (non-hydrogen) atoms. The zero-order valence-electron chi connectivity index (χ0n) is 19.3. The maximum atomic E-state index is 13.9. The SMILES string of the molecule is NC(=O)c1ccccc1OCc1cccc(C(=O)NCC(c2cccc(F)c2)N2CCOCC2)c1. The van der Waals surface area contributed by atoms with Crippen LogP contribution in [0.15, 0.2) is 72.8 Å². The van der Waals surface area contributed by atoms with Crippen LogP contribution in [0.5, 0.6) is 5.75 Å². The Labute approximate surface area is 203 Å². The zero-order chi connectivity index (χ0) is 24.6. The van der Waals surface area contributed by atoms with Crippen molar-refractivity contribution < 1.29 is 23.5 Å². The fourth-order valence-corrected chi connectivity index (χ4v) is 4.11. The normalized spacial score (nSPS) is 14.8. The summed E-state index contributed by atoms with van der Waals surface area (Å²) < 4.78 is 25.1. The summed E-state index contributed by atoms with van der Waals surface area (Å²) in [6.45, 7) is 3.11. The predicted octanol–water partition coefficient (Wildman–Crippen LogP) is 3.31. The van der Waals surface area contributed by atoms with Gasteiger partial charge in [0.25, 0.3) is 11.8 Å².